The lowest BCUT2D eigenvalue weighted by Gasteiger charge is -2.22. The molecule has 6 rings (SSSR count). The fraction of sp³-hybridized carbons (Fsp3) is 0.571. The number of likely N-dealkylation sites (tertiary alicyclic amines) is 1. The van der Waals surface area contributed by atoms with Crippen LogP contribution in [0.25, 0.3) is 0 Å². The van der Waals surface area contributed by atoms with Gasteiger partial charge in [-0.15, -0.1) is 0 Å². The third-order valence-corrected chi connectivity index (χ3v) is 9.41. The van der Waals surface area contributed by atoms with E-state index < -0.39 is 10.0 Å². The number of ether oxygens (including phenoxy) is 2. The van der Waals surface area contributed by atoms with Crippen molar-refractivity contribution in [3.8, 4) is 5.88 Å². The Morgan fingerprint density at radius 2 is 1.87 bits per heavy atom. The number of nitrogens with two attached hydrogens (primary N) is 1. The van der Waals surface area contributed by atoms with E-state index in [-0.39, 0.29) is 40.0 Å². The molecule has 3 atom stereocenters. The summed E-state index contributed by atoms with van der Waals surface area (Å²) in [5, 5.41) is 5.12. The van der Waals surface area contributed by atoms with Crippen molar-refractivity contribution in [3.63, 3.8) is 0 Å². The Bertz CT molecular complexity index is 1340. The molecule has 0 radical (unpaired) electrons. The maximum absolute atomic E-state index is 13.6. The van der Waals surface area contributed by atoms with Crippen LogP contribution in [0.1, 0.15) is 71.0 Å². The van der Waals surface area contributed by atoms with E-state index in [1.165, 1.54) is 12.1 Å². The highest BCUT2D eigenvalue weighted by Gasteiger charge is 2.45. The highest BCUT2D eigenvalue weighted by molar-refractivity contribution is 7.89. The summed E-state index contributed by atoms with van der Waals surface area (Å²) in [7, 11) is -3.87. The first-order valence-corrected chi connectivity index (χ1v) is 15.3. The van der Waals surface area contributed by atoms with Gasteiger partial charge in [-0.25, -0.2) is 23.5 Å². The van der Waals surface area contributed by atoms with Crippen molar-refractivity contribution < 1.29 is 27.5 Å². The van der Waals surface area contributed by atoms with Crippen LogP contribution in [-0.4, -0.2) is 67.9 Å². The first-order chi connectivity index (χ1) is 18.7. The molecule has 2 aromatic rings. The van der Waals surface area contributed by atoms with Crippen LogP contribution in [0.3, 0.4) is 0 Å². The number of sulfonamides is 1. The molecule has 11 heteroatoms. The third kappa shape index (κ3) is 5.85. The van der Waals surface area contributed by atoms with E-state index >= 15 is 0 Å². The van der Waals surface area contributed by atoms with Gasteiger partial charge in [-0.05, 0) is 68.6 Å². The second-order valence-electron chi connectivity index (χ2n) is 11.5. The molecule has 0 bridgehead atoms. The van der Waals surface area contributed by atoms with Crippen molar-refractivity contribution in [2.45, 2.75) is 49.3 Å². The summed E-state index contributed by atoms with van der Waals surface area (Å²) in [5.74, 6) is 1.61. The third-order valence-electron chi connectivity index (χ3n) is 8.52. The number of aromatic nitrogens is 2. The highest BCUT2D eigenvalue weighted by atomic mass is 32.2. The van der Waals surface area contributed by atoms with Crippen LogP contribution in [-0.2, 0) is 14.8 Å². The van der Waals surface area contributed by atoms with Gasteiger partial charge in [-0.3, -0.25) is 9.59 Å². The number of nitrogens with zero attached hydrogens (tertiary/aromatic N) is 3. The summed E-state index contributed by atoms with van der Waals surface area (Å²) < 4.78 is 34.6. The van der Waals surface area contributed by atoms with Gasteiger partial charge in [-0.2, -0.15) is 0 Å². The molecule has 4 heterocycles. The van der Waals surface area contributed by atoms with Gasteiger partial charge in [0.2, 0.25) is 15.9 Å². The number of primary sulfonamides is 1. The molecule has 1 amide bonds. The smallest absolute Gasteiger partial charge is 0.272 e. The maximum Gasteiger partial charge on any atom is 0.272 e. The van der Waals surface area contributed by atoms with Gasteiger partial charge in [0, 0.05) is 61.0 Å². The summed E-state index contributed by atoms with van der Waals surface area (Å²) in [5.41, 5.74) is 1.82. The molecule has 1 unspecified atom stereocenters. The van der Waals surface area contributed by atoms with Crippen LogP contribution < -0.4 is 9.88 Å². The van der Waals surface area contributed by atoms with Crippen LogP contribution in [0.4, 0.5) is 0 Å². The number of fused-ring (bicyclic) bond motifs is 1. The molecule has 4 aliphatic rings. The summed E-state index contributed by atoms with van der Waals surface area (Å²) in [4.78, 5) is 37.0. The van der Waals surface area contributed by atoms with Crippen LogP contribution in [0, 0.1) is 23.7 Å². The van der Waals surface area contributed by atoms with Crippen molar-refractivity contribution in [1.82, 2.24) is 14.9 Å². The summed E-state index contributed by atoms with van der Waals surface area (Å²) in [6, 6.07) is 6.45. The number of carbonyl (C=O) groups excluding carboxylic acids is 2. The van der Waals surface area contributed by atoms with Gasteiger partial charge in [0.1, 0.15) is 10.6 Å². The molecule has 0 aromatic carbocycles. The average Bonchev–Trinajstić information content (AvgIpc) is 3.61. The molecule has 2 N–H and O–H groups in total. The van der Waals surface area contributed by atoms with Gasteiger partial charge in [0.25, 0.3) is 5.91 Å². The first kappa shape index (κ1) is 26.3. The van der Waals surface area contributed by atoms with E-state index in [2.05, 4.69) is 4.98 Å². The number of hydrogen-bond donors (Lipinski definition) is 1. The van der Waals surface area contributed by atoms with Gasteiger partial charge >= 0.3 is 0 Å². The Labute approximate surface area is 228 Å². The summed E-state index contributed by atoms with van der Waals surface area (Å²) in [6.07, 6.45) is 6.90. The fourth-order valence-corrected chi connectivity index (χ4v) is 6.68. The minimum Gasteiger partial charge on any atom is -0.477 e. The van der Waals surface area contributed by atoms with Crippen molar-refractivity contribution in [2.24, 2.45) is 28.8 Å². The molecule has 10 nitrogen and oxygen atoms in total. The van der Waals surface area contributed by atoms with Crippen LogP contribution in [0.15, 0.2) is 35.4 Å². The molecular formula is C28H34N4O6S. The normalized spacial score (nSPS) is 25.5. The zero-order valence-electron chi connectivity index (χ0n) is 21.8. The number of carbonyl (C=O) groups is 2. The maximum atomic E-state index is 13.6. The number of rotatable bonds is 8. The zero-order valence-corrected chi connectivity index (χ0v) is 22.6. The second kappa shape index (κ2) is 10.6. The van der Waals surface area contributed by atoms with E-state index in [0.717, 1.165) is 57.0 Å². The topological polar surface area (TPSA) is 142 Å². The number of pyridine rings is 2. The number of ketones is 1. The van der Waals surface area contributed by atoms with Crippen LogP contribution in [0.5, 0.6) is 5.88 Å². The largest absolute Gasteiger partial charge is 0.477 e. The number of Topliss-reactive ketones (excluding diaryl/α,β-unsaturated/α-hetero) is 1. The van der Waals surface area contributed by atoms with Gasteiger partial charge < -0.3 is 14.4 Å². The minimum atomic E-state index is -3.87. The highest BCUT2D eigenvalue weighted by Crippen LogP contribution is 2.44. The van der Waals surface area contributed by atoms with Crippen molar-refractivity contribution >= 4 is 21.7 Å². The Morgan fingerprint density at radius 3 is 2.49 bits per heavy atom. The monoisotopic (exact) mass is 554 g/mol. The predicted octanol–water partition coefficient (Wildman–Crippen LogP) is 2.79. The molecule has 208 valence electrons. The SMILES string of the molecule is NS(=O)(=O)c1ccc(C(=O)N2C[C@H]3CC(C(=O)c4cc(OCC5CCCOC5)nc(C5CC5)c4)C[C@@H]3C2)nc1. The van der Waals surface area contributed by atoms with E-state index in [1.54, 1.807) is 11.0 Å². The van der Waals surface area contributed by atoms with Crippen molar-refractivity contribution in [3.05, 3.63) is 47.4 Å². The first-order valence-electron chi connectivity index (χ1n) is 13.8. The summed E-state index contributed by atoms with van der Waals surface area (Å²) in [6.45, 7) is 3.19. The van der Waals surface area contributed by atoms with E-state index in [4.69, 9.17) is 19.6 Å². The Hall–Kier alpha value is -2.89. The molecule has 2 aliphatic carbocycles. The predicted molar refractivity (Wildman–Crippen MR) is 141 cm³/mol. The van der Waals surface area contributed by atoms with Gasteiger partial charge in [0.05, 0.1) is 13.2 Å². The standard InChI is InChI=1S/C28H34N4O6S/c29-39(35,36)23-5-6-24(30-12-23)28(34)32-13-21-8-19(9-22(21)14-32)27(33)20-10-25(18-3-4-18)31-26(11-20)38-16-17-2-1-7-37-15-17/h5-6,10-12,17-19,21-22H,1-4,7-9,13-16H2,(H2,29,35,36)/t17?,21-,22-/m1/s1. The fourth-order valence-electron chi connectivity index (χ4n) is 6.22. The van der Waals surface area contributed by atoms with E-state index in [1.807, 2.05) is 6.07 Å². The zero-order chi connectivity index (χ0) is 27.1. The van der Waals surface area contributed by atoms with Crippen molar-refractivity contribution in [2.75, 3.05) is 32.9 Å². The average molecular weight is 555 g/mol. The minimum absolute atomic E-state index is 0.0848. The van der Waals surface area contributed by atoms with E-state index in [9.17, 15) is 18.0 Å². The molecule has 2 aliphatic heterocycles. The molecule has 2 saturated heterocycles. The van der Waals surface area contributed by atoms with Crippen molar-refractivity contribution in [1.29, 1.82) is 0 Å². The Kier molecular flexibility index (Phi) is 7.15. The molecular weight excluding hydrogens is 520 g/mol. The lowest BCUT2D eigenvalue weighted by Crippen LogP contribution is -2.31. The lowest BCUT2D eigenvalue weighted by molar-refractivity contribution is 0.0343. The van der Waals surface area contributed by atoms with Gasteiger partial charge in [0.15, 0.2) is 5.78 Å². The quantitative estimate of drug-likeness (QED) is 0.491. The van der Waals surface area contributed by atoms with Crippen LogP contribution >= 0.6 is 0 Å². The Morgan fingerprint density at radius 1 is 1.10 bits per heavy atom. The summed E-state index contributed by atoms with van der Waals surface area (Å²) >= 11 is 0. The molecule has 0 spiro atoms. The molecule has 4 fully saturated rings. The number of amides is 1. The van der Waals surface area contributed by atoms with Gasteiger partial charge in [-0.1, -0.05) is 0 Å². The molecule has 2 saturated carbocycles. The lowest BCUT2D eigenvalue weighted by atomic mass is 9.94. The second-order valence-corrected chi connectivity index (χ2v) is 13.0. The van der Waals surface area contributed by atoms with Crippen LogP contribution in [0.2, 0.25) is 0 Å². The van der Waals surface area contributed by atoms with E-state index in [0.29, 0.717) is 49.6 Å². The number of hydrogen-bond acceptors (Lipinski definition) is 8. The molecule has 2 aromatic heterocycles. The Balaban J connectivity index is 1.09. The molecule has 39 heavy (non-hydrogen) atoms.